The van der Waals surface area contributed by atoms with Gasteiger partial charge in [-0.1, -0.05) is 0 Å². The molecule has 0 spiro atoms. The topological polar surface area (TPSA) is 95.9 Å². The predicted octanol–water partition coefficient (Wildman–Crippen LogP) is -3.00. The molecule has 1 aliphatic rings. The van der Waals surface area contributed by atoms with Gasteiger partial charge in [-0.3, -0.25) is 0 Å². The number of ether oxygens (including phenoxy) is 1. The lowest BCUT2D eigenvalue weighted by atomic mass is 9.83. The molecule has 11 heavy (non-hydrogen) atoms. The fourth-order valence-corrected chi connectivity index (χ4v) is 1.09. The van der Waals surface area contributed by atoms with Gasteiger partial charge in [-0.05, 0) is 0 Å². The number of rotatable bonds is 2. The maximum Gasteiger partial charge on any atom is 0.242 e. The van der Waals surface area contributed by atoms with Crippen LogP contribution in [0.5, 0.6) is 0 Å². The van der Waals surface area contributed by atoms with Crippen molar-refractivity contribution in [2.24, 2.45) is 5.64 Å². The summed E-state index contributed by atoms with van der Waals surface area (Å²) in [4.78, 5) is 0. The SMILES string of the molecule is N[B][C@@H]1O[C@H](CO)[C@H](O)C1O. The van der Waals surface area contributed by atoms with E-state index in [1.54, 1.807) is 0 Å². The Morgan fingerprint density at radius 3 is 2.27 bits per heavy atom. The fraction of sp³-hybridized carbons (Fsp3) is 1.00. The summed E-state index contributed by atoms with van der Waals surface area (Å²) < 4.78 is 4.95. The molecular formula is C5H11BNO4. The Hall–Kier alpha value is -0.135. The Kier molecular flexibility index (Phi) is 2.86. The molecule has 1 saturated heterocycles. The highest BCUT2D eigenvalue weighted by Gasteiger charge is 2.41. The van der Waals surface area contributed by atoms with Crippen LogP contribution in [-0.2, 0) is 4.74 Å². The van der Waals surface area contributed by atoms with Crippen molar-refractivity contribution in [3.63, 3.8) is 0 Å². The van der Waals surface area contributed by atoms with Crippen LogP contribution < -0.4 is 5.64 Å². The molecule has 63 valence electrons. The number of hydrogen-bond donors (Lipinski definition) is 4. The van der Waals surface area contributed by atoms with E-state index in [1.807, 2.05) is 0 Å². The van der Waals surface area contributed by atoms with E-state index in [-0.39, 0.29) is 6.61 Å². The average Bonchev–Trinajstić information content (AvgIpc) is 2.30. The molecule has 1 unspecified atom stereocenters. The third-order valence-electron chi connectivity index (χ3n) is 1.77. The van der Waals surface area contributed by atoms with Gasteiger partial charge in [0, 0.05) is 0 Å². The second kappa shape index (κ2) is 3.51. The molecule has 0 aliphatic carbocycles. The monoisotopic (exact) mass is 160 g/mol. The quantitative estimate of drug-likeness (QED) is 0.323. The van der Waals surface area contributed by atoms with Gasteiger partial charge in [-0.15, -0.1) is 0 Å². The molecule has 5 nitrogen and oxygen atoms in total. The summed E-state index contributed by atoms with van der Waals surface area (Å²) in [5, 5.41) is 26.9. The van der Waals surface area contributed by atoms with Crippen LogP contribution in [0, 0.1) is 0 Å². The summed E-state index contributed by atoms with van der Waals surface area (Å²) >= 11 is 0. The molecule has 0 aromatic rings. The van der Waals surface area contributed by atoms with E-state index in [2.05, 4.69) is 0 Å². The fourth-order valence-electron chi connectivity index (χ4n) is 1.09. The molecule has 1 fully saturated rings. The lowest BCUT2D eigenvalue weighted by molar-refractivity contribution is -0.00906. The molecule has 0 bridgehead atoms. The van der Waals surface area contributed by atoms with Crippen molar-refractivity contribution in [1.82, 2.24) is 0 Å². The van der Waals surface area contributed by atoms with Crippen molar-refractivity contribution in [3.8, 4) is 0 Å². The van der Waals surface area contributed by atoms with Crippen molar-refractivity contribution in [1.29, 1.82) is 0 Å². The van der Waals surface area contributed by atoms with E-state index < -0.39 is 24.3 Å². The molecule has 1 aliphatic heterocycles. The molecule has 1 radical (unpaired) electrons. The van der Waals surface area contributed by atoms with Crippen LogP contribution in [0.2, 0.25) is 0 Å². The first kappa shape index (κ1) is 8.96. The van der Waals surface area contributed by atoms with E-state index in [1.165, 1.54) is 0 Å². The van der Waals surface area contributed by atoms with E-state index in [4.69, 9.17) is 25.7 Å². The van der Waals surface area contributed by atoms with Crippen LogP contribution in [0.15, 0.2) is 0 Å². The Morgan fingerprint density at radius 1 is 1.36 bits per heavy atom. The van der Waals surface area contributed by atoms with Gasteiger partial charge in [0.1, 0.15) is 18.3 Å². The smallest absolute Gasteiger partial charge is 0.242 e. The Bertz CT molecular complexity index is 118. The van der Waals surface area contributed by atoms with Crippen LogP contribution in [0.1, 0.15) is 0 Å². The minimum Gasteiger partial charge on any atom is -0.394 e. The van der Waals surface area contributed by atoms with Crippen LogP contribution in [0.4, 0.5) is 0 Å². The van der Waals surface area contributed by atoms with E-state index in [0.29, 0.717) is 0 Å². The molecule has 0 saturated carbocycles. The lowest BCUT2D eigenvalue weighted by Gasteiger charge is -2.10. The molecule has 0 aromatic carbocycles. The Balaban J connectivity index is 2.53. The zero-order chi connectivity index (χ0) is 8.43. The van der Waals surface area contributed by atoms with Gasteiger partial charge in [0.25, 0.3) is 0 Å². The summed E-state index contributed by atoms with van der Waals surface area (Å²) in [5.74, 6) is 0. The predicted molar refractivity (Wildman–Crippen MR) is 37.7 cm³/mol. The van der Waals surface area contributed by atoms with Gasteiger partial charge in [0.2, 0.25) is 7.41 Å². The van der Waals surface area contributed by atoms with Crippen LogP contribution >= 0.6 is 0 Å². The first-order valence-corrected chi connectivity index (χ1v) is 3.38. The molecular weight excluding hydrogens is 149 g/mol. The van der Waals surface area contributed by atoms with Crippen molar-refractivity contribution >= 4 is 7.41 Å². The van der Waals surface area contributed by atoms with Gasteiger partial charge in [-0.25, -0.2) is 0 Å². The highest BCUT2D eigenvalue weighted by Crippen LogP contribution is 2.19. The van der Waals surface area contributed by atoms with E-state index in [0.717, 1.165) is 7.41 Å². The van der Waals surface area contributed by atoms with Gasteiger partial charge in [0.15, 0.2) is 0 Å². The van der Waals surface area contributed by atoms with Crippen molar-refractivity contribution in [2.45, 2.75) is 24.3 Å². The highest BCUT2D eigenvalue weighted by atomic mass is 16.5. The van der Waals surface area contributed by atoms with Gasteiger partial charge in [0.05, 0.1) is 12.6 Å². The third kappa shape index (κ3) is 1.55. The van der Waals surface area contributed by atoms with Gasteiger partial charge >= 0.3 is 0 Å². The van der Waals surface area contributed by atoms with Crippen LogP contribution in [0.25, 0.3) is 0 Å². The lowest BCUT2D eigenvalue weighted by Crippen LogP contribution is -2.38. The average molecular weight is 160 g/mol. The first-order valence-electron chi connectivity index (χ1n) is 3.38. The first-order chi connectivity index (χ1) is 5.20. The Labute approximate surface area is 65.0 Å². The summed E-state index contributed by atoms with van der Waals surface area (Å²) in [6, 6.07) is -0.679. The van der Waals surface area contributed by atoms with Gasteiger partial charge in [-0.2, -0.15) is 0 Å². The Morgan fingerprint density at radius 2 is 2.00 bits per heavy atom. The number of hydrogen-bond acceptors (Lipinski definition) is 5. The summed E-state index contributed by atoms with van der Waals surface area (Å²) in [7, 11) is 1.16. The molecule has 0 aromatic heterocycles. The zero-order valence-electron chi connectivity index (χ0n) is 5.92. The van der Waals surface area contributed by atoms with E-state index >= 15 is 0 Å². The second-order valence-corrected chi connectivity index (χ2v) is 2.50. The molecule has 1 rings (SSSR count). The molecule has 4 atom stereocenters. The highest BCUT2D eigenvalue weighted by molar-refractivity contribution is 6.33. The number of aliphatic hydroxyl groups is 3. The summed E-state index contributed by atoms with van der Waals surface area (Å²) in [6.45, 7) is -0.317. The number of aliphatic hydroxyl groups excluding tert-OH is 3. The van der Waals surface area contributed by atoms with Crippen molar-refractivity contribution < 1.29 is 20.1 Å². The normalized spacial score (nSPS) is 44.4. The minimum atomic E-state index is -1.05. The molecule has 5 N–H and O–H groups in total. The second-order valence-electron chi connectivity index (χ2n) is 2.50. The zero-order valence-corrected chi connectivity index (χ0v) is 5.92. The van der Waals surface area contributed by atoms with Crippen LogP contribution in [-0.4, -0.2) is 53.7 Å². The number of nitrogens with two attached hydrogens (primary N) is 1. The largest absolute Gasteiger partial charge is 0.394 e. The van der Waals surface area contributed by atoms with Gasteiger partial charge < -0.3 is 25.7 Å². The standard InChI is InChI=1S/C5H11BNO4/c7-6-5-4(10)3(9)2(1-8)11-5/h2-5,8-10H,1,7H2/t2-,3+,4?,5-/m1/s1. The van der Waals surface area contributed by atoms with Crippen LogP contribution in [0.3, 0.4) is 0 Å². The van der Waals surface area contributed by atoms with Crippen molar-refractivity contribution in [3.05, 3.63) is 0 Å². The summed E-state index contributed by atoms with van der Waals surface area (Å²) in [5.41, 5.74) is 5.10. The maximum absolute atomic E-state index is 9.16. The minimum absolute atomic E-state index is 0.317. The molecule has 0 amide bonds. The van der Waals surface area contributed by atoms with Crippen molar-refractivity contribution in [2.75, 3.05) is 6.61 Å². The molecule has 6 heteroatoms. The third-order valence-corrected chi connectivity index (χ3v) is 1.77. The molecule has 1 heterocycles. The van der Waals surface area contributed by atoms with E-state index in [9.17, 15) is 0 Å². The summed E-state index contributed by atoms with van der Waals surface area (Å²) in [6.07, 6.45) is -2.81. The maximum atomic E-state index is 9.16.